The average Bonchev–Trinajstić information content (AvgIpc) is 2.77. The number of nitrogens with two attached hydrogens (primary N) is 1. The van der Waals surface area contributed by atoms with Gasteiger partial charge < -0.3 is 20.9 Å². The third-order valence-electron chi connectivity index (χ3n) is 5.58. The molecule has 2 saturated heterocycles. The van der Waals surface area contributed by atoms with Gasteiger partial charge in [0.2, 0.25) is 11.8 Å². The summed E-state index contributed by atoms with van der Waals surface area (Å²) in [7, 11) is 0. The quantitative estimate of drug-likeness (QED) is 0.678. The second-order valence-electron chi connectivity index (χ2n) is 7.53. The van der Waals surface area contributed by atoms with Gasteiger partial charge in [-0.15, -0.1) is 0 Å². The van der Waals surface area contributed by atoms with Crippen molar-refractivity contribution in [3.8, 4) is 0 Å². The molecule has 1 aromatic heterocycles. The molecular formula is C20H32N6O2. The third-order valence-corrected chi connectivity index (χ3v) is 5.58. The van der Waals surface area contributed by atoms with Crippen LogP contribution in [0, 0.1) is 5.92 Å². The van der Waals surface area contributed by atoms with Gasteiger partial charge in [-0.3, -0.25) is 14.5 Å². The SMILES string of the molecule is NCCNC(=O)C1CCCN(C(=O)CCN2CCN(c3ccccn3)CC2)C1. The summed E-state index contributed by atoms with van der Waals surface area (Å²) < 4.78 is 0. The Morgan fingerprint density at radius 1 is 1.18 bits per heavy atom. The lowest BCUT2D eigenvalue weighted by atomic mass is 9.97. The van der Waals surface area contributed by atoms with Gasteiger partial charge in [0.05, 0.1) is 5.92 Å². The summed E-state index contributed by atoms with van der Waals surface area (Å²) in [6, 6.07) is 5.98. The first-order valence-corrected chi connectivity index (χ1v) is 10.3. The van der Waals surface area contributed by atoms with Crippen molar-refractivity contribution < 1.29 is 9.59 Å². The summed E-state index contributed by atoms with van der Waals surface area (Å²) in [6.07, 6.45) is 4.06. The van der Waals surface area contributed by atoms with Gasteiger partial charge in [0.25, 0.3) is 0 Å². The lowest BCUT2D eigenvalue weighted by Crippen LogP contribution is -2.49. The molecule has 1 atom stereocenters. The minimum absolute atomic E-state index is 0.0218. The number of amides is 2. The standard InChI is InChI=1S/C20H32N6O2/c21-7-9-23-20(28)17-4-3-10-26(16-17)19(27)6-11-24-12-14-25(15-13-24)18-5-1-2-8-22-18/h1-2,5,8,17H,3-4,6-7,9-16,21H2,(H,23,28). The van der Waals surface area contributed by atoms with Crippen LogP contribution in [0.2, 0.25) is 0 Å². The first kappa shape index (κ1) is 20.5. The van der Waals surface area contributed by atoms with E-state index in [2.05, 4.69) is 20.1 Å². The first-order chi connectivity index (χ1) is 13.7. The van der Waals surface area contributed by atoms with Crippen LogP contribution in [0.4, 0.5) is 5.82 Å². The van der Waals surface area contributed by atoms with Crippen molar-refractivity contribution in [2.75, 3.05) is 63.8 Å². The second kappa shape index (κ2) is 10.4. The van der Waals surface area contributed by atoms with E-state index in [0.29, 0.717) is 26.1 Å². The molecule has 28 heavy (non-hydrogen) atoms. The number of pyridine rings is 1. The van der Waals surface area contributed by atoms with Gasteiger partial charge in [-0.05, 0) is 25.0 Å². The van der Waals surface area contributed by atoms with E-state index in [1.165, 1.54) is 0 Å². The van der Waals surface area contributed by atoms with E-state index < -0.39 is 0 Å². The summed E-state index contributed by atoms with van der Waals surface area (Å²) in [4.78, 5) is 35.7. The molecule has 2 amide bonds. The molecule has 3 rings (SSSR count). The highest BCUT2D eigenvalue weighted by molar-refractivity contribution is 5.81. The van der Waals surface area contributed by atoms with Crippen molar-refractivity contribution >= 4 is 17.6 Å². The maximum Gasteiger partial charge on any atom is 0.224 e. The molecule has 0 spiro atoms. The zero-order chi connectivity index (χ0) is 19.8. The van der Waals surface area contributed by atoms with Gasteiger partial charge in [0.15, 0.2) is 0 Å². The molecule has 2 aliphatic rings. The maximum absolute atomic E-state index is 12.6. The summed E-state index contributed by atoms with van der Waals surface area (Å²) in [5.41, 5.74) is 5.44. The molecule has 0 bridgehead atoms. The Bertz CT molecular complexity index is 633. The number of anilines is 1. The topological polar surface area (TPSA) is 94.8 Å². The zero-order valence-electron chi connectivity index (χ0n) is 16.6. The zero-order valence-corrected chi connectivity index (χ0v) is 16.6. The Morgan fingerprint density at radius 2 is 2.00 bits per heavy atom. The number of likely N-dealkylation sites (tertiary alicyclic amines) is 1. The Balaban J connectivity index is 1.39. The number of hydrogen-bond donors (Lipinski definition) is 2. The predicted octanol–water partition coefficient (Wildman–Crippen LogP) is -0.0928. The monoisotopic (exact) mass is 388 g/mol. The van der Waals surface area contributed by atoms with Gasteiger partial charge in [-0.2, -0.15) is 0 Å². The molecule has 8 nitrogen and oxygen atoms in total. The molecule has 2 aliphatic heterocycles. The molecule has 0 radical (unpaired) electrons. The van der Waals surface area contributed by atoms with E-state index in [0.717, 1.165) is 57.9 Å². The van der Waals surface area contributed by atoms with Crippen LogP contribution in [0.25, 0.3) is 0 Å². The highest BCUT2D eigenvalue weighted by Gasteiger charge is 2.28. The Kier molecular flexibility index (Phi) is 7.62. The lowest BCUT2D eigenvalue weighted by molar-refractivity contribution is -0.136. The molecule has 0 saturated carbocycles. The highest BCUT2D eigenvalue weighted by atomic mass is 16.2. The van der Waals surface area contributed by atoms with Crippen molar-refractivity contribution in [3.05, 3.63) is 24.4 Å². The van der Waals surface area contributed by atoms with Gasteiger partial charge in [-0.1, -0.05) is 6.07 Å². The van der Waals surface area contributed by atoms with Gasteiger partial charge in [-0.25, -0.2) is 4.98 Å². The van der Waals surface area contributed by atoms with Crippen LogP contribution < -0.4 is 16.0 Å². The van der Waals surface area contributed by atoms with Gasteiger partial charge >= 0.3 is 0 Å². The normalized spacial score (nSPS) is 20.8. The van der Waals surface area contributed by atoms with E-state index in [9.17, 15) is 9.59 Å². The van der Waals surface area contributed by atoms with Crippen LogP contribution in [0.5, 0.6) is 0 Å². The van der Waals surface area contributed by atoms with E-state index in [4.69, 9.17) is 5.73 Å². The molecule has 3 N–H and O–H groups in total. The fourth-order valence-electron chi connectivity index (χ4n) is 3.91. The Labute approximate surface area is 167 Å². The summed E-state index contributed by atoms with van der Waals surface area (Å²) in [5.74, 6) is 1.09. The molecule has 1 unspecified atom stereocenters. The fourth-order valence-corrected chi connectivity index (χ4v) is 3.91. The van der Waals surface area contributed by atoms with Crippen LogP contribution in [-0.2, 0) is 9.59 Å². The molecule has 2 fully saturated rings. The molecule has 3 heterocycles. The summed E-state index contributed by atoms with van der Waals surface area (Å²) in [6.45, 7) is 6.73. The number of piperazine rings is 1. The number of rotatable bonds is 7. The second-order valence-corrected chi connectivity index (χ2v) is 7.53. The lowest BCUT2D eigenvalue weighted by Gasteiger charge is -2.36. The number of nitrogens with one attached hydrogen (secondary N) is 1. The van der Waals surface area contributed by atoms with Crippen molar-refractivity contribution in [2.24, 2.45) is 11.7 Å². The molecule has 154 valence electrons. The van der Waals surface area contributed by atoms with Crippen LogP contribution in [0.1, 0.15) is 19.3 Å². The van der Waals surface area contributed by atoms with Crippen molar-refractivity contribution in [1.29, 1.82) is 0 Å². The number of carbonyl (C=O) groups is 2. The van der Waals surface area contributed by atoms with Crippen molar-refractivity contribution in [1.82, 2.24) is 20.1 Å². The van der Waals surface area contributed by atoms with E-state index in [-0.39, 0.29) is 17.7 Å². The first-order valence-electron chi connectivity index (χ1n) is 10.3. The van der Waals surface area contributed by atoms with Crippen molar-refractivity contribution in [2.45, 2.75) is 19.3 Å². The smallest absolute Gasteiger partial charge is 0.224 e. The number of nitrogens with zero attached hydrogens (tertiary/aromatic N) is 4. The summed E-state index contributed by atoms with van der Waals surface area (Å²) in [5, 5.41) is 2.84. The fraction of sp³-hybridized carbons (Fsp3) is 0.650. The van der Waals surface area contributed by atoms with Crippen LogP contribution in [0.15, 0.2) is 24.4 Å². The van der Waals surface area contributed by atoms with Gasteiger partial charge in [0, 0.05) is 71.5 Å². The minimum Gasteiger partial charge on any atom is -0.355 e. The van der Waals surface area contributed by atoms with E-state index >= 15 is 0 Å². The molecular weight excluding hydrogens is 356 g/mol. The Morgan fingerprint density at radius 3 is 2.71 bits per heavy atom. The average molecular weight is 389 g/mol. The van der Waals surface area contributed by atoms with Gasteiger partial charge in [0.1, 0.15) is 5.82 Å². The molecule has 0 aromatic carbocycles. The predicted molar refractivity (Wildman–Crippen MR) is 109 cm³/mol. The number of carbonyl (C=O) groups excluding carboxylic acids is 2. The number of hydrogen-bond acceptors (Lipinski definition) is 6. The molecule has 1 aromatic rings. The molecule has 8 heteroatoms. The highest BCUT2D eigenvalue weighted by Crippen LogP contribution is 2.18. The largest absolute Gasteiger partial charge is 0.355 e. The van der Waals surface area contributed by atoms with Crippen LogP contribution >= 0.6 is 0 Å². The van der Waals surface area contributed by atoms with E-state index in [1.54, 1.807) is 0 Å². The Hall–Kier alpha value is -2.19. The third kappa shape index (κ3) is 5.65. The number of aromatic nitrogens is 1. The van der Waals surface area contributed by atoms with Crippen LogP contribution in [0.3, 0.4) is 0 Å². The molecule has 0 aliphatic carbocycles. The maximum atomic E-state index is 12.6. The van der Waals surface area contributed by atoms with Crippen LogP contribution in [-0.4, -0.2) is 85.5 Å². The van der Waals surface area contributed by atoms with Crippen molar-refractivity contribution in [3.63, 3.8) is 0 Å². The number of piperidine rings is 1. The van der Waals surface area contributed by atoms with E-state index in [1.807, 2.05) is 29.3 Å². The summed E-state index contributed by atoms with van der Waals surface area (Å²) >= 11 is 0. The minimum atomic E-state index is -0.105.